The molecule has 0 bridgehead atoms. The van der Waals surface area contributed by atoms with Gasteiger partial charge in [0.2, 0.25) is 0 Å². The van der Waals surface area contributed by atoms with Crippen LogP contribution in [0.25, 0.3) is 16.9 Å². The molecule has 21 heavy (non-hydrogen) atoms. The lowest BCUT2D eigenvalue weighted by molar-refractivity contribution is 0.744. The molecule has 6 heteroatoms. The van der Waals surface area contributed by atoms with Crippen LogP contribution >= 0.6 is 27.5 Å². The van der Waals surface area contributed by atoms with Crippen LogP contribution in [0.1, 0.15) is 24.0 Å². The molecule has 0 aliphatic rings. The third kappa shape index (κ3) is 2.38. The van der Waals surface area contributed by atoms with E-state index in [1.54, 1.807) is 0 Å². The monoisotopic (exact) mass is 366 g/mol. The second-order valence-electron chi connectivity index (χ2n) is 5.08. The van der Waals surface area contributed by atoms with Crippen molar-refractivity contribution in [1.82, 2.24) is 19.3 Å². The van der Waals surface area contributed by atoms with E-state index in [2.05, 4.69) is 57.6 Å². The maximum atomic E-state index is 6.11. The van der Waals surface area contributed by atoms with Crippen LogP contribution < -0.4 is 0 Å². The van der Waals surface area contributed by atoms with Gasteiger partial charge in [-0.25, -0.2) is 9.67 Å². The minimum Gasteiger partial charge on any atom is -0.280 e. The molecule has 2 heterocycles. The lowest BCUT2D eigenvalue weighted by Crippen LogP contribution is -2.04. The lowest BCUT2D eigenvalue weighted by Gasteiger charge is -2.10. The third-order valence-electron chi connectivity index (χ3n) is 3.51. The van der Waals surface area contributed by atoms with Crippen LogP contribution in [0.5, 0.6) is 0 Å². The minimum absolute atomic E-state index is 0.364. The number of hydrogen-bond donors (Lipinski definition) is 0. The second-order valence-corrected chi connectivity index (χ2v) is 6.26. The lowest BCUT2D eigenvalue weighted by atomic mass is 10.2. The fraction of sp³-hybridized carbons (Fsp3) is 0.333. The van der Waals surface area contributed by atoms with Crippen LogP contribution in [-0.2, 0) is 19.3 Å². The van der Waals surface area contributed by atoms with E-state index in [0.29, 0.717) is 5.88 Å². The average Bonchev–Trinajstić information content (AvgIpc) is 2.95. The normalized spacial score (nSPS) is 11.5. The summed E-state index contributed by atoms with van der Waals surface area (Å²) in [6.45, 7) is 4.16. The van der Waals surface area contributed by atoms with Crippen LogP contribution in [0.3, 0.4) is 0 Å². The number of fused-ring (bicyclic) bond motifs is 1. The first-order chi connectivity index (χ1) is 10.0. The summed E-state index contributed by atoms with van der Waals surface area (Å²) < 4.78 is 5.01. The summed E-state index contributed by atoms with van der Waals surface area (Å²) in [5.74, 6) is 1.20. The zero-order valence-electron chi connectivity index (χ0n) is 12.2. The molecule has 110 valence electrons. The highest BCUT2D eigenvalue weighted by Crippen LogP contribution is 2.27. The Hall–Kier alpha value is -1.33. The molecule has 0 spiro atoms. The summed E-state index contributed by atoms with van der Waals surface area (Å²) in [7, 11) is 1.95. The summed E-state index contributed by atoms with van der Waals surface area (Å²) in [6, 6.07) is 6.28. The Bertz CT molecular complexity index is 799. The maximum Gasteiger partial charge on any atom is 0.163 e. The number of nitrogens with zero attached hydrogens (tertiary/aromatic N) is 4. The predicted molar refractivity (Wildman–Crippen MR) is 89.2 cm³/mol. The van der Waals surface area contributed by atoms with E-state index in [4.69, 9.17) is 16.6 Å². The molecule has 0 fully saturated rings. The van der Waals surface area contributed by atoms with E-state index in [1.807, 2.05) is 11.7 Å². The van der Waals surface area contributed by atoms with Crippen molar-refractivity contribution in [2.45, 2.75) is 26.1 Å². The van der Waals surface area contributed by atoms with Gasteiger partial charge in [0, 0.05) is 11.5 Å². The zero-order valence-corrected chi connectivity index (χ0v) is 14.5. The molecule has 0 aliphatic heterocycles. The Morgan fingerprint density at radius 3 is 2.67 bits per heavy atom. The van der Waals surface area contributed by atoms with E-state index in [1.165, 1.54) is 5.56 Å². The summed E-state index contributed by atoms with van der Waals surface area (Å²) in [5, 5.41) is 4.55. The number of aromatic nitrogens is 4. The number of halogens is 2. The summed E-state index contributed by atoms with van der Waals surface area (Å²) >= 11 is 9.67. The number of rotatable bonds is 3. The van der Waals surface area contributed by atoms with Crippen LogP contribution in [0.15, 0.2) is 22.7 Å². The Kier molecular flexibility index (Phi) is 3.80. The van der Waals surface area contributed by atoms with Gasteiger partial charge in [-0.3, -0.25) is 4.57 Å². The number of imidazole rings is 1. The zero-order chi connectivity index (χ0) is 15.1. The van der Waals surface area contributed by atoms with Crippen molar-refractivity contribution in [1.29, 1.82) is 0 Å². The summed E-state index contributed by atoms with van der Waals surface area (Å²) in [4.78, 5) is 4.69. The molecule has 1 aromatic carbocycles. The smallest absolute Gasteiger partial charge is 0.163 e. The van der Waals surface area contributed by atoms with Gasteiger partial charge in [0.1, 0.15) is 11.3 Å². The van der Waals surface area contributed by atoms with Crippen molar-refractivity contribution in [2.24, 2.45) is 7.05 Å². The predicted octanol–water partition coefficient (Wildman–Crippen LogP) is 4.13. The molecule has 3 rings (SSSR count). The van der Waals surface area contributed by atoms with Gasteiger partial charge < -0.3 is 0 Å². The Labute approximate surface area is 136 Å². The molecule has 0 N–H and O–H groups in total. The molecule has 0 atom stereocenters. The molecule has 0 amide bonds. The Morgan fingerprint density at radius 1 is 1.29 bits per heavy atom. The molecule has 0 unspecified atom stereocenters. The summed E-state index contributed by atoms with van der Waals surface area (Å²) in [5.41, 5.74) is 5.16. The number of alkyl halides is 1. The molecule has 4 nitrogen and oxygen atoms in total. The molecule has 0 radical (unpaired) electrons. The Balaban J connectivity index is 2.37. The molecular formula is C15H16BrClN4. The van der Waals surface area contributed by atoms with Gasteiger partial charge in [-0.1, -0.05) is 22.9 Å². The largest absolute Gasteiger partial charge is 0.280 e. The first kappa shape index (κ1) is 14.6. The molecule has 0 aliphatic carbocycles. The van der Waals surface area contributed by atoms with Gasteiger partial charge in [0.15, 0.2) is 5.65 Å². The van der Waals surface area contributed by atoms with Crippen LogP contribution in [-0.4, -0.2) is 19.3 Å². The first-order valence-electron chi connectivity index (χ1n) is 6.81. The highest BCUT2D eigenvalue weighted by molar-refractivity contribution is 9.10. The van der Waals surface area contributed by atoms with Crippen molar-refractivity contribution in [2.75, 3.05) is 0 Å². The van der Waals surface area contributed by atoms with Crippen LogP contribution in [0, 0.1) is 6.92 Å². The van der Waals surface area contributed by atoms with Crippen molar-refractivity contribution in [3.8, 4) is 5.69 Å². The number of aryl methyl sites for hydroxylation is 3. The highest BCUT2D eigenvalue weighted by atomic mass is 79.9. The van der Waals surface area contributed by atoms with Gasteiger partial charge in [0.05, 0.1) is 17.3 Å². The van der Waals surface area contributed by atoms with Crippen LogP contribution in [0.4, 0.5) is 0 Å². The SMILES string of the molecule is CCc1nn(C)c2c1nc(CCl)n2-c1cc(C)cc(Br)c1. The van der Waals surface area contributed by atoms with Gasteiger partial charge in [-0.15, -0.1) is 11.6 Å². The van der Waals surface area contributed by atoms with Crippen LogP contribution in [0.2, 0.25) is 0 Å². The maximum absolute atomic E-state index is 6.11. The van der Waals surface area contributed by atoms with Crippen molar-refractivity contribution >= 4 is 38.7 Å². The van der Waals surface area contributed by atoms with Gasteiger partial charge in [-0.2, -0.15) is 5.10 Å². The number of hydrogen-bond acceptors (Lipinski definition) is 2. The second kappa shape index (κ2) is 5.46. The molecule has 0 saturated heterocycles. The van der Waals surface area contributed by atoms with E-state index in [-0.39, 0.29) is 0 Å². The first-order valence-corrected chi connectivity index (χ1v) is 8.14. The molecule has 0 saturated carbocycles. The highest BCUT2D eigenvalue weighted by Gasteiger charge is 2.19. The molecule has 3 aromatic rings. The van der Waals surface area contributed by atoms with E-state index >= 15 is 0 Å². The minimum atomic E-state index is 0.364. The number of benzene rings is 1. The van der Waals surface area contributed by atoms with E-state index < -0.39 is 0 Å². The van der Waals surface area contributed by atoms with Gasteiger partial charge in [0.25, 0.3) is 0 Å². The molecule has 2 aromatic heterocycles. The fourth-order valence-electron chi connectivity index (χ4n) is 2.67. The van der Waals surface area contributed by atoms with Gasteiger partial charge >= 0.3 is 0 Å². The quantitative estimate of drug-likeness (QED) is 0.652. The fourth-order valence-corrected chi connectivity index (χ4v) is 3.44. The summed E-state index contributed by atoms with van der Waals surface area (Å²) in [6.07, 6.45) is 0.855. The van der Waals surface area contributed by atoms with Crippen molar-refractivity contribution < 1.29 is 0 Å². The molecular weight excluding hydrogens is 352 g/mol. The Morgan fingerprint density at radius 2 is 2.05 bits per heavy atom. The third-order valence-corrected chi connectivity index (χ3v) is 4.21. The van der Waals surface area contributed by atoms with E-state index in [0.717, 1.165) is 39.3 Å². The van der Waals surface area contributed by atoms with E-state index in [9.17, 15) is 0 Å². The van der Waals surface area contributed by atoms with Crippen molar-refractivity contribution in [3.63, 3.8) is 0 Å². The van der Waals surface area contributed by atoms with Crippen molar-refractivity contribution in [3.05, 3.63) is 39.8 Å². The topological polar surface area (TPSA) is 35.6 Å². The standard InChI is InChI=1S/C15H16BrClN4/c1-4-12-14-15(20(3)19-12)21(13(8-17)18-14)11-6-9(2)5-10(16)7-11/h5-7H,4,8H2,1-3H3. The van der Waals surface area contributed by atoms with Gasteiger partial charge in [-0.05, 0) is 37.1 Å². The average molecular weight is 368 g/mol.